The topological polar surface area (TPSA) is 78.9 Å². The van der Waals surface area contributed by atoms with Gasteiger partial charge in [-0.3, -0.25) is 4.79 Å². The van der Waals surface area contributed by atoms with Crippen molar-refractivity contribution >= 4 is 11.7 Å². The third-order valence-electron chi connectivity index (χ3n) is 2.12. The van der Waals surface area contributed by atoms with Crippen molar-refractivity contribution in [1.29, 1.82) is 0 Å². The van der Waals surface area contributed by atoms with Gasteiger partial charge in [-0.2, -0.15) is 0 Å². The number of amides is 1. The molecule has 0 aromatic carbocycles. The average Bonchev–Trinajstić information content (AvgIpc) is 2.48. The van der Waals surface area contributed by atoms with Gasteiger partial charge in [0.15, 0.2) is 5.84 Å². The highest BCUT2D eigenvalue weighted by Crippen LogP contribution is 2.13. The SMILES string of the molecule is CC(/C(N)=N/O)N1CCCC1=O. The summed E-state index contributed by atoms with van der Waals surface area (Å²) >= 11 is 0. The highest BCUT2D eigenvalue weighted by atomic mass is 16.4. The van der Waals surface area contributed by atoms with E-state index in [1.54, 1.807) is 11.8 Å². The second-order valence-corrected chi connectivity index (χ2v) is 2.89. The summed E-state index contributed by atoms with van der Waals surface area (Å²) in [6.45, 7) is 2.45. The molecule has 5 nitrogen and oxygen atoms in total. The molecule has 0 saturated carbocycles. The lowest BCUT2D eigenvalue weighted by molar-refractivity contribution is -0.128. The van der Waals surface area contributed by atoms with Gasteiger partial charge in [-0.05, 0) is 13.3 Å². The van der Waals surface area contributed by atoms with Crippen LogP contribution in [0.4, 0.5) is 0 Å². The highest BCUT2D eigenvalue weighted by Gasteiger charge is 2.27. The zero-order valence-electron chi connectivity index (χ0n) is 7.03. The lowest BCUT2D eigenvalue weighted by Crippen LogP contribution is -2.43. The maximum atomic E-state index is 11.2. The molecule has 0 radical (unpaired) electrons. The minimum absolute atomic E-state index is 0.0779. The molecule has 1 heterocycles. The first kappa shape index (κ1) is 8.83. The van der Waals surface area contributed by atoms with Crippen LogP contribution in [0, 0.1) is 0 Å². The van der Waals surface area contributed by atoms with Gasteiger partial charge in [0.05, 0.1) is 6.04 Å². The molecule has 1 amide bonds. The number of nitrogens with two attached hydrogens (primary N) is 1. The van der Waals surface area contributed by atoms with Gasteiger partial charge in [0.1, 0.15) is 0 Å². The van der Waals surface area contributed by atoms with E-state index in [-0.39, 0.29) is 17.8 Å². The van der Waals surface area contributed by atoms with Gasteiger partial charge >= 0.3 is 0 Å². The molecule has 0 aromatic heterocycles. The van der Waals surface area contributed by atoms with Gasteiger partial charge in [0, 0.05) is 13.0 Å². The molecule has 1 atom stereocenters. The van der Waals surface area contributed by atoms with Crippen molar-refractivity contribution < 1.29 is 10.0 Å². The second kappa shape index (κ2) is 3.42. The molecule has 1 saturated heterocycles. The number of amidine groups is 1. The molecule has 12 heavy (non-hydrogen) atoms. The van der Waals surface area contributed by atoms with E-state index in [9.17, 15) is 4.79 Å². The second-order valence-electron chi connectivity index (χ2n) is 2.89. The largest absolute Gasteiger partial charge is 0.409 e. The highest BCUT2D eigenvalue weighted by molar-refractivity contribution is 5.90. The Kier molecular flexibility index (Phi) is 2.52. The Morgan fingerprint density at radius 3 is 2.92 bits per heavy atom. The fraction of sp³-hybridized carbons (Fsp3) is 0.714. The maximum Gasteiger partial charge on any atom is 0.223 e. The monoisotopic (exact) mass is 171 g/mol. The van der Waals surface area contributed by atoms with Gasteiger partial charge in [-0.1, -0.05) is 5.16 Å². The summed E-state index contributed by atoms with van der Waals surface area (Å²) in [6, 6.07) is -0.287. The van der Waals surface area contributed by atoms with Crippen molar-refractivity contribution in [2.75, 3.05) is 6.54 Å². The zero-order valence-corrected chi connectivity index (χ0v) is 7.03. The lowest BCUT2D eigenvalue weighted by atomic mass is 10.3. The summed E-state index contributed by atoms with van der Waals surface area (Å²) in [5.74, 6) is 0.166. The van der Waals surface area contributed by atoms with E-state index in [4.69, 9.17) is 10.9 Å². The molecule has 1 aliphatic heterocycles. The Labute approximate surface area is 70.8 Å². The van der Waals surface area contributed by atoms with Crippen LogP contribution in [0.2, 0.25) is 0 Å². The van der Waals surface area contributed by atoms with Crippen molar-refractivity contribution in [2.24, 2.45) is 10.9 Å². The standard InChI is InChI=1S/C7H13N3O2/c1-5(7(8)9-12)10-4-2-3-6(10)11/h5,12H,2-4H2,1H3,(H2,8,9). The van der Waals surface area contributed by atoms with E-state index < -0.39 is 0 Å². The molecule has 0 aromatic rings. The molecule has 3 N–H and O–H groups in total. The third-order valence-corrected chi connectivity index (χ3v) is 2.12. The van der Waals surface area contributed by atoms with Crippen LogP contribution in [-0.2, 0) is 4.79 Å². The van der Waals surface area contributed by atoms with Crippen molar-refractivity contribution in [3.8, 4) is 0 Å². The molecule has 1 aliphatic rings. The Bertz CT molecular complexity index is 215. The zero-order chi connectivity index (χ0) is 9.14. The van der Waals surface area contributed by atoms with Crippen LogP contribution < -0.4 is 5.73 Å². The maximum absolute atomic E-state index is 11.2. The third kappa shape index (κ3) is 1.49. The summed E-state index contributed by atoms with van der Waals surface area (Å²) in [5, 5.41) is 11.2. The summed E-state index contributed by atoms with van der Waals surface area (Å²) in [6.07, 6.45) is 1.44. The van der Waals surface area contributed by atoms with Gasteiger partial charge < -0.3 is 15.8 Å². The van der Waals surface area contributed by atoms with Crippen molar-refractivity contribution in [2.45, 2.75) is 25.8 Å². The molecule has 1 unspecified atom stereocenters. The number of hydrogen-bond acceptors (Lipinski definition) is 3. The fourth-order valence-corrected chi connectivity index (χ4v) is 1.32. The van der Waals surface area contributed by atoms with E-state index in [2.05, 4.69) is 5.16 Å². The Morgan fingerprint density at radius 1 is 1.83 bits per heavy atom. The minimum Gasteiger partial charge on any atom is -0.409 e. The van der Waals surface area contributed by atoms with E-state index in [0.717, 1.165) is 6.42 Å². The molecule has 0 spiro atoms. The molecule has 1 fully saturated rings. The summed E-state index contributed by atoms with van der Waals surface area (Å²) in [4.78, 5) is 12.8. The first-order chi connectivity index (χ1) is 5.66. The van der Waals surface area contributed by atoms with Crippen LogP contribution in [-0.4, -0.2) is 34.4 Å². The number of likely N-dealkylation sites (tertiary alicyclic amines) is 1. The average molecular weight is 171 g/mol. The van der Waals surface area contributed by atoms with Crippen LogP contribution in [0.3, 0.4) is 0 Å². The van der Waals surface area contributed by atoms with Gasteiger partial charge in [-0.15, -0.1) is 0 Å². The summed E-state index contributed by atoms with van der Waals surface area (Å²) < 4.78 is 0. The van der Waals surface area contributed by atoms with Crippen molar-refractivity contribution in [3.63, 3.8) is 0 Å². The summed E-state index contributed by atoms with van der Waals surface area (Å²) in [5.41, 5.74) is 5.36. The molecule has 68 valence electrons. The van der Waals surface area contributed by atoms with E-state index in [1.165, 1.54) is 0 Å². The smallest absolute Gasteiger partial charge is 0.223 e. The molecule has 0 bridgehead atoms. The quantitative estimate of drug-likeness (QED) is 0.260. The van der Waals surface area contributed by atoms with Crippen LogP contribution in [0.1, 0.15) is 19.8 Å². The summed E-state index contributed by atoms with van der Waals surface area (Å²) in [7, 11) is 0. The Morgan fingerprint density at radius 2 is 2.50 bits per heavy atom. The van der Waals surface area contributed by atoms with Crippen LogP contribution in [0.25, 0.3) is 0 Å². The fourth-order valence-electron chi connectivity index (χ4n) is 1.32. The first-order valence-corrected chi connectivity index (χ1v) is 3.93. The Balaban J connectivity index is 2.63. The van der Waals surface area contributed by atoms with Crippen LogP contribution in [0.5, 0.6) is 0 Å². The van der Waals surface area contributed by atoms with E-state index in [1.807, 2.05) is 0 Å². The van der Waals surface area contributed by atoms with Crippen LogP contribution >= 0.6 is 0 Å². The molecular formula is C7H13N3O2. The number of rotatable bonds is 2. The van der Waals surface area contributed by atoms with Crippen LogP contribution in [0.15, 0.2) is 5.16 Å². The molecule has 0 aliphatic carbocycles. The van der Waals surface area contributed by atoms with Gasteiger partial charge in [0.2, 0.25) is 5.91 Å². The van der Waals surface area contributed by atoms with Gasteiger partial charge in [0.25, 0.3) is 0 Å². The van der Waals surface area contributed by atoms with Crippen molar-refractivity contribution in [3.05, 3.63) is 0 Å². The number of hydrogen-bond donors (Lipinski definition) is 2. The lowest BCUT2D eigenvalue weighted by Gasteiger charge is -2.22. The minimum atomic E-state index is -0.287. The van der Waals surface area contributed by atoms with E-state index >= 15 is 0 Å². The molecule has 5 heteroatoms. The first-order valence-electron chi connectivity index (χ1n) is 3.93. The van der Waals surface area contributed by atoms with E-state index in [0.29, 0.717) is 13.0 Å². The predicted octanol–water partition coefficient (Wildman–Crippen LogP) is -0.256. The molecule has 1 rings (SSSR count). The predicted molar refractivity (Wildman–Crippen MR) is 43.8 cm³/mol. The van der Waals surface area contributed by atoms with Gasteiger partial charge in [-0.25, -0.2) is 0 Å². The number of carbonyl (C=O) groups excluding carboxylic acids is 1. The Hall–Kier alpha value is -1.26. The number of nitrogens with zero attached hydrogens (tertiary/aromatic N) is 2. The number of carbonyl (C=O) groups is 1. The van der Waals surface area contributed by atoms with Crippen molar-refractivity contribution in [1.82, 2.24) is 4.90 Å². The number of oxime groups is 1. The molecular weight excluding hydrogens is 158 g/mol. The normalized spacial score (nSPS) is 21.6.